The molecule has 104 valence electrons. The number of nitrogens with one attached hydrogen (secondary N) is 1. The molecule has 2 N–H and O–H groups in total. The number of carboxylic acids is 1. The Morgan fingerprint density at radius 2 is 2.00 bits per heavy atom. The van der Waals surface area contributed by atoms with Gasteiger partial charge in [0.2, 0.25) is 0 Å². The molecule has 0 unspecified atom stereocenters. The summed E-state index contributed by atoms with van der Waals surface area (Å²) in [6.07, 6.45) is 0. The number of ether oxygens (including phenoxy) is 1. The van der Waals surface area contributed by atoms with Gasteiger partial charge in [-0.3, -0.25) is 4.79 Å². The second-order valence-electron chi connectivity index (χ2n) is 4.34. The Bertz CT molecular complexity index is 503. The van der Waals surface area contributed by atoms with Crippen molar-refractivity contribution < 1.29 is 19.4 Å². The van der Waals surface area contributed by atoms with Crippen LogP contribution in [0.2, 0.25) is 10.0 Å². The Labute approximate surface area is 120 Å². The summed E-state index contributed by atoms with van der Waals surface area (Å²) in [7, 11) is 0. The minimum atomic E-state index is -1.36. The molecule has 1 rings (SSSR count). The molecular weight excluding hydrogens is 293 g/mol. The van der Waals surface area contributed by atoms with E-state index < -0.39 is 17.4 Å². The van der Waals surface area contributed by atoms with Gasteiger partial charge in [0.15, 0.2) is 6.61 Å². The summed E-state index contributed by atoms with van der Waals surface area (Å²) in [6.45, 7) is 2.40. The predicted octanol–water partition coefficient (Wildman–Crippen LogP) is 2.35. The summed E-state index contributed by atoms with van der Waals surface area (Å²) in [6, 6.07) is 4.60. The lowest BCUT2D eigenvalue weighted by atomic mass is 10.1. The molecule has 19 heavy (non-hydrogen) atoms. The van der Waals surface area contributed by atoms with Crippen LogP contribution in [-0.4, -0.2) is 29.1 Å². The van der Waals surface area contributed by atoms with Crippen LogP contribution in [0.5, 0.6) is 5.75 Å². The summed E-state index contributed by atoms with van der Waals surface area (Å²) >= 11 is 11.6. The van der Waals surface area contributed by atoms with Crippen molar-refractivity contribution in [1.29, 1.82) is 0 Å². The van der Waals surface area contributed by atoms with E-state index in [1.165, 1.54) is 26.0 Å². The molecule has 0 radical (unpaired) electrons. The van der Waals surface area contributed by atoms with E-state index in [9.17, 15) is 9.59 Å². The van der Waals surface area contributed by atoms with Crippen LogP contribution < -0.4 is 10.1 Å². The van der Waals surface area contributed by atoms with Gasteiger partial charge < -0.3 is 15.2 Å². The number of aliphatic carboxylic acids is 1. The molecule has 1 amide bonds. The van der Waals surface area contributed by atoms with Crippen molar-refractivity contribution in [3.05, 3.63) is 28.2 Å². The Morgan fingerprint density at radius 3 is 2.58 bits per heavy atom. The first-order chi connectivity index (χ1) is 8.72. The van der Waals surface area contributed by atoms with Crippen molar-refractivity contribution in [1.82, 2.24) is 5.32 Å². The Morgan fingerprint density at radius 1 is 1.37 bits per heavy atom. The fourth-order valence-electron chi connectivity index (χ4n) is 1.17. The van der Waals surface area contributed by atoms with Crippen molar-refractivity contribution in [2.24, 2.45) is 0 Å². The molecule has 0 saturated heterocycles. The molecule has 5 nitrogen and oxygen atoms in total. The molecule has 0 bridgehead atoms. The van der Waals surface area contributed by atoms with Crippen LogP contribution in [0.4, 0.5) is 0 Å². The average molecular weight is 306 g/mol. The molecule has 0 fully saturated rings. The predicted molar refractivity (Wildman–Crippen MR) is 71.8 cm³/mol. The van der Waals surface area contributed by atoms with E-state index in [4.69, 9.17) is 33.0 Å². The first-order valence-corrected chi connectivity index (χ1v) is 6.10. The van der Waals surface area contributed by atoms with E-state index in [2.05, 4.69) is 5.32 Å². The Balaban J connectivity index is 2.60. The molecule has 0 atom stereocenters. The van der Waals surface area contributed by atoms with Crippen LogP contribution in [0, 0.1) is 0 Å². The number of carbonyl (C=O) groups is 2. The van der Waals surface area contributed by atoms with Gasteiger partial charge >= 0.3 is 5.97 Å². The maximum absolute atomic E-state index is 11.6. The summed E-state index contributed by atoms with van der Waals surface area (Å²) in [5, 5.41) is 11.9. The van der Waals surface area contributed by atoms with Gasteiger partial charge in [0, 0.05) is 11.1 Å². The first-order valence-electron chi connectivity index (χ1n) is 5.34. The number of halogens is 2. The number of rotatable bonds is 5. The number of benzene rings is 1. The van der Waals surface area contributed by atoms with Gasteiger partial charge in [-0.2, -0.15) is 0 Å². The van der Waals surface area contributed by atoms with Crippen LogP contribution >= 0.6 is 23.2 Å². The number of carboxylic acid groups (broad SMARTS) is 1. The van der Waals surface area contributed by atoms with Gasteiger partial charge in [-0.1, -0.05) is 23.2 Å². The minimum absolute atomic E-state index is 0.262. The highest BCUT2D eigenvalue weighted by Gasteiger charge is 2.28. The van der Waals surface area contributed by atoms with E-state index in [0.717, 1.165) is 0 Å². The van der Waals surface area contributed by atoms with Crippen LogP contribution in [0.25, 0.3) is 0 Å². The highest BCUT2D eigenvalue weighted by molar-refractivity contribution is 6.34. The molecule has 7 heteroatoms. The topological polar surface area (TPSA) is 75.6 Å². The second-order valence-corrected chi connectivity index (χ2v) is 5.19. The number of carbonyl (C=O) groups excluding carboxylic acids is 1. The monoisotopic (exact) mass is 305 g/mol. The van der Waals surface area contributed by atoms with E-state index >= 15 is 0 Å². The van der Waals surface area contributed by atoms with Gasteiger partial charge in [0.1, 0.15) is 11.3 Å². The van der Waals surface area contributed by atoms with Gasteiger partial charge in [0.25, 0.3) is 5.91 Å². The zero-order valence-corrected chi connectivity index (χ0v) is 11.9. The SMILES string of the molecule is CC(C)(NC(=O)COc1cc(Cl)ccc1Cl)C(=O)O. The molecule has 0 aliphatic heterocycles. The quantitative estimate of drug-likeness (QED) is 0.875. The molecule has 0 saturated carbocycles. The zero-order chi connectivity index (χ0) is 14.6. The normalized spacial score (nSPS) is 10.9. The highest BCUT2D eigenvalue weighted by Crippen LogP contribution is 2.27. The maximum atomic E-state index is 11.6. The third kappa shape index (κ3) is 4.61. The van der Waals surface area contributed by atoms with E-state index in [1.54, 1.807) is 6.07 Å². The van der Waals surface area contributed by atoms with E-state index in [0.29, 0.717) is 10.0 Å². The first kappa shape index (κ1) is 15.6. The molecule has 0 spiro atoms. The second kappa shape index (κ2) is 6.12. The fraction of sp³-hybridized carbons (Fsp3) is 0.333. The fourth-order valence-corrected chi connectivity index (χ4v) is 1.50. The largest absolute Gasteiger partial charge is 0.482 e. The molecule has 0 aliphatic rings. The molecule has 0 aliphatic carbocycles. The third-order valence-corrected chi connectivity index (χ3v) is 2.79. The number of hydrogen-bond acceptors (Lipinski definition) is 3. The lowest BCUT2D eigenvalue weighted by Gasteiger charge is -2.21. The van der Waals surface area contributed by atoms with Crippen LogP contribution in [0.1, 0.15) is 13.8 Å². The Kier molecular flexibility index (Phi) is 5.03. The van der Waals surface area contributed by atoms with Crippen molar-refractivity contribution in [2.75, 3.05) is 6.61 Å². The van der Waals surface area contributed by atoms with Crippen LogP contribution in [-0.2, 0) is 9.59 Å². The smallest absolute Gasteiger partial charge is 0.328 e. The van der Waals surface area contributed by atoms with E-state index in [1.807, 2.05) is 0 Å². The Hall–Kier alpha value is -1.46. The van der Waals surface area contributed by atoms with E-state index in [-0.39, 0.29) is 12.4 Å². The maximum Gasteiger partial charge on any atom is 0.328 e. The summed E-state index contributed by atoms with van der Waals surface area (Å²) in [5.74, 6) is -1.44. The lowest BCUT2D eigenvalue weighted by molar-refractivity contribution is -0.146. The van der Waals surface area contributed by atoms with Gasteiger partial charge in [-0.15, -0.1) is 0 Å². The van der Waals surface area contributed by atoms with Crippen molar-refractivity contribution in [3.63, 3.8) is 0 Å². The molecule has 0 heterocycles. The molecule has 0 aromatic heterocycles. The molecule has 1 aromatic rings. The minimum Gasteiger partial charge on any atom is -0.482 e. The molecular formula is C12H13Cl2NO4. The van der Waals surface area contributed by atoms with Gasteiger partial charge in [0.05, 0.1) is 5.02 Å². The summed E-state index contributed by atoms with van der Waals surface area (Å²) in [5.41, 5.74) is -1.36. The third-order valence-electron chi connectivity index (χ3n) is 2.24. The van der Waals surface area contributed by atoms with Crippen molar-refractivity contribution in [3.8, 4) is 5.75 Å². The van der Waals surface area contributed by atoms with Crippen molar-refractivity contribution in [2.45, 2.75) is 19.4 Å². The number of amides is 1. The van der Waals surface area contributed by atoms with Gasteiger partial charge in [-0.05, 0) is 26.0 Å². The van der Waals surface area contributed by atoms with Crippen LogP contribution in [0.15, 0.2) is 18.2 Å². The molecule has 1 aromatic carbocycles. The zero-order valence-electron chi connectivity index (χ0n) is 10.4. The standard InChI is InChI=1S/C12H13Cl2NO4/c1-12(2,11(17)18)15-10(16)6-19-9-5-7(13)3-4-8(9)14/h3-5H,6H2,1-2H3,(H,15,16)(H,17,18). The van der Waals surface area contributed by atoms with Crippen LogP contribution in [0.3, 0.4) is 0 Å². The highest BCUT2D eigenvalue weighted by atomic mass is 35.5. The van der Waals surface area contributed by atoms with Gasteiger partial charge in [-0.25, -0.2) is 4.79 Å². The summed E-state index contributed by atoms with van der Waals surface area (Å²) in [4.78, 5) is 22.4. The lowest BCUT2D eigenvalue weighted by Crippen LogP contribution is -2.51. The average Bonchev–Trinajstić information content (AvgIpc) is 2.29. The summed E-state index contributed by atoms with van der Waals surface area (Å²) < 4.78 is 5.18. The van der Waals surface area contributed by atoms with Crippen molar-refractivity contribution >= 4 is 35.1 Å². The number of hydrogen-bond donors (Lipinski definition) is 2.